The second-order valence-corrected chi connectivity index (χ2v) is 4.07. The molecule has 1 saturated heterocycles. The van der Waals surface area contributed by atoms with E-state index >= 15 is 0 Å². The smallest absolute Gasteiger partial charge is 0.365 e. The lowest BCUT2D eigenvalue weighted by atomic mass is 10.1. The molecule has 0 spiro atoms. The summed E-state index contributed by atoms with van der Waals surface area (Å²) in [5.74, 6) is -0.671. The molecule has 0 bridgehead atoms. The van der Waals surface area contributed by atoms with Crippen molar-refractivity contribution in [2.45, 2.75) is 31.7 Å². The van der Waals surface area contributed by atoms with Gasteiger partial charge in [0, 0.05) is 0 Å². The van der Waals surface area contributed by atoms with E-state index in [2.05, 4.69) is 4.74 Å². The number of nitrogens with one attached hydrogen (secondary N) is 1. The van der Waals surface area contributed by atoms with Crippen molar-refractivity contribution in [1.29, 1.82) is 0 Å². The van der Waals surface area contributed by atoms with E-state index in [-0.39, 0.29) is 18.4 Å². The number of hydrogen-bond donors (Lipinski definition) is 1. The van der Waals surface area contributed by atoms with Gasteiger partial charge in [0.15, 0.2) is 6.04 Å². The van der Waals surface area contributed by atoms with Gasteiger partial charge >= 0.3 is 11.9 Å². The Morgan fingerprint density at radius 3 is 2.25 bits per heavy atom. The number of ether oxygens (including phenoxy) is 2. The standard InChI is InChI=1S/C11H19NO4/c1-15-10(13)8-9(11(14)16-2)12-6-4-3-5-7-12/h9H,3-8H2,1-2H3/p+1/t9-/m1/s1. The van der Waals surface area contributed by atoms with Crippen LogP contribution in [0.25, 0.3) is 0 Å². The van der Waals surface area contributed by atoms with Gasteiger partial charge in [-0.15, -0.1) is 0 Å². The summed E-state index contributed by atoms with van der Waals surface area (Å²) < 4.78 is 9.35. The molecule has 0 aliphatic carbocycles. The largest absolute Gasteiger partial charge is 0.469 e. The molecule has 92 valence electrons. The Labute approximate surface area is 95.7 Å². The third-order valence-corrected chi connectivity index (χ3v) is 3.07. The molecule has 0 radical (unpaired) electrons. The van der Waals surface area contributed by atoms with Crippen LogP contribution in [-0.2, 0) is 19.1 Å². The lowest BCUT2D eigenvalue weighted by molar-refractivity contribution is -0.921. The van der Waals surface area contributed by atoms with E-state index in [1.165, 1.54) is 20.6 Å². The van der Waals surface area contributed by atoms with E-state index in [1.807, 2.05) is 0 Å². The van der Waals surface area contributed by atoms with Gasteiger partial charge in [-0.2, -0.15) is 0 Å². The van der Waals surface area contributed by atoms with Gasteiger partial charge in [0.1, 0.15) is 6.42 Å². The van der Waals surface area contributed by atoms with Crippen LogP contribution in [0.5, 0.6) is 0 Å². The van der Waals surface area contributed by atoms with Gasteiger partial charge in [-0.25, -0.2) is 4.79 Å². The van der Waals surface area contributed by atoms with E-state index in [4.69, 9.17) is 4.74 Å². The minimum Gasteiger partial charge on any atom is -0.469 e. The van der Waals surface area contributed by atoms with E-state index in [0.717, 1.165) is 30.8 Å². The molecule has 1 N–H and O–H groups in total. The van der Waals surface area contributed by atoms with E-state index in [9.17, 15) is 9.59 Å². The van der Waals surface area contributed by atoms with Crippen LogP contribution in [0, 0.1) is 0 Å². The van der Waals surface area contributed by atoms with Crippen LogP contribution in [0.3, 0.4) is 0 Å². The van der Waals surface area contributed by atoms with Gasteiger partial charge in [-0.1, -0.05) is 0 Å². The molecule has 0 unspecified atom stereocenters. The SMILES string of the molecule is COC(=O)C[C@H](C(=O)OC)[NH+]1CCCCC1. The van der Waals surface area contributed by atoms with E-state index in [0.29, 0.717) is 0 Å². The number of quaternary nitrogens is 1. The number of carbonyl (C=O) groups is 2. The van der Waals surface area contributed by atoms with Crippen LogP contribution < -0.4 is 4.90 Å². The van der Waals surface area contributed by atoms with Crippen LogP contribution in [0.2, 0.25) is 0 Å². The molecule has 0 aromatic carbocycles. The number of hydrogen-bond acceptors (Lipinski definition) is 4. The molecule has 0 aromatic rings. The van der Waals surface area contributed by atoms with Gasteiger partial charge in [0.25, 0.3) is 0 Å². The van der Waals surface area contributed by atoms with Crippen LogP contribution >= 0.6 is 0 Å². The van der Waals surface area contributed by atoms with Gasteiger partial charge in [-0.3, -0.25) is 4.79 Å². The fraction of sp³-hybridized carbons (Fsp3) is 0.818. The average molecular weight is 230 g/mol. The Morgan fingerprint density at radius 2 is 1.75 bits per heavy atom. The molecule has 1 rings (SSSR count). The average Bonchev–Trinajstić information content (AvgIpc) is 2.35. The maximum Gasteiger partial charge on any atom is 0.365 e. The lowest BCUT2D eigenvalue weighted by Crippen LogP contribution is -3.17. The quantitative estimate of drug-likeness (QED) is 0.640. The second kappa shape index (κ2) is 6.48. The molecule has 0 amide bonds. The highest BCUT2D eigenvalue weighted by molar-refractivity contribution is 5.81. The van der Waals surface area contributed by atoms with E-state index < -0.39 is 6.04 Å². The molecule has 16 heavy (non-hydrogen) atoms. The first kappa shape index (κ1) is 13.0. The summed E-state index contributed by atoms with van der Waals surface area (Å²) in [4.78, 5) is 24.0. The summed E-state index contributed by atoms with van der Waals surface area (Å²) >= 11 is 0. The first-order chi connectivity index (χ1) is 7.69. The molecule has 1 aliphatic rings. The zero-order chi connectivity index (χ0) is 12.0. The summed E-state index contributed by atoms with van der Waals surface area (Å²) in [6, 6.07) is -0.405. The molecule has 0 saturated carbocycles. The fourth-order valence-corrected chi connectivity index (χ4v) is 2.14. The highest BCUT2D eigenvalue weighted by Gasteiger charge is 2.34. The highest BCUT2D eigenvalue weighted by atomic mass is 16.5. The summed E-state index contributed by atoms with van der Waals surface area (Å²) in [5.41, 5.74) is 0. The van der Waals surface area contributed by atoms with Gasteiger partial charge in [0.2, 0.25) is 0 Å². The Morgan fingerprint density at radius 1 is 1.12 bits per heavy atom. The molecule has 1 heterocycles. The highest BCUT2D eigenvalue weighted by Crippen LogP contribution is 2.00. The summed E-state index contributed by atoms with van der Waals surface area (Å²) in [5, 5.41) is 0. The van der Waals surface area contributed by atoms with Crippen LogP contribution in [0.4, 0.5) is 0 Å². The molecule has 1 fully saturated rings. The topological polar surface area (TPSA) is 57.0 Å². The van der Waals surface area contributed by atoms with Gasteiger partial charge < -0.3 is 14.4 Å². The number of carbonyl (C=O) groups excluding carboxylic acids is 2. The maximum atomic E-state index is 11.6. The van der Waals surface area contributed by atoms with Crippen LogP contribution in [0.1, 0.15) is 25.7 Å². The summed E-state index contributed by atoms with van der Waals surface area (Å²) in [6.07, 6.45) is 3.52. The summed E-state index contributed by atoms with van der Waals surface area (Å²) in [6.45, 7) is 1.85. The number of methoxy groups -OCH3 is 2. The first-order valence-electron chi connectivity index (χ1n) is 5.68. The Balaban J connectivity index is 2.61. The molecular formula is C11H20NO4+. The molecular weight excluding hydrogens is 210 g/mol. The maximum absolute atomic E-state index is 11.6. The zero-order valence-corrected chi connectivity index (χ0v) is 9.95. The summed E-state index contributed by atoms with van der Waals surface area (Å²) in [7, 11) is 2.69. The Hall–Kier alpha value is -1.10. The Kier molecular flexibility index (Phi) is 5.25. The predicted octanol–water partition coefficient (Wildman–Crippen LogP) is -0.840. The third kappa shape index (κ3) is 3.48. The van der Waals surface area contributed by atoms with E-state index in [1.54, 1.807) is 0 Å². The number of likely N-dealkylation sites (tertiary alicyclic amines) is 1. The van der Waals surface area contributed by atoms with Crippen molar-refractivity contribution in [3.05, 3.63) is 0 Å². The van der Waals surface area contributed by atoms with Crippen LogP contribution in [-0.4, -0.2) is 45.3 Å². The van der Waals surface area contributed by atoms with Crippen molar-refractivity contribution in [3.63, 3.8) is 0 Å². The fourth-order valence-electron chi connectivity index (χ4n) is 2.14. The van der Waals surface area contributed by atoms with Crippen molar-refractivity contribution in [1.82, 2.24) is 0 Å². The molecule has 1 atom stereocenters. The molecule has 5 heteroatoms. The molecule has 5 nitrogen and oxygen atoms in total. The van der Waals surface area contributed by atoms with Crippen LogP contribution in [0.15, 0.2) is 0 Å². The van der Waals surface area contributed by atoms with Gasteiger partial charge in [-0.05, 0) is 19.3 Å². The minimum absolute atomic E-state index is 0.110. The lowest BCUT2D eigenvalue weighted by Gasteiger charge is -2.29. The number of piperidine rings is 1. The monoisotopic (exact) mass is 230 g/mol. The Bertz CT molecular complexity index is 248. The molecule has 0 aromatic heterocycles. The normalized spacial score (nSPS) is 18.9. The van der Waals surface area contributed by atoms with Crippen molar-refractivity contribution in [2.75, 3.05) is 27.3 Å². The third-order valence-electron chi connectivity index (χ3n) is 3.07. The second-order valence-electron chi connectivity index (χ2n) is 4.07. The number of esters is 2. The zero-order valence-electron chi connectivity index (χ0n) is 9.95. The van der Waals surface area contributed by atoms with Crippen molar-refractivity contribution in [3.8, 4) is 0 Å². The first-order valence-corrected chi connectivity index (χ1v) is 5.68. The minimum atomic E-state index is -0.405. The van der Waals surface area contributed by atoms with Gasteiger partial charge in [0.05, 0.1) is 27.3 Å². The predicted molar refractivity (Wildman–Crippen MR) is 57.0 cm³/mol. The van der Waals surface area contributed by atoms with Crippen molar-refractivity contribution >= 4 is 11.9 Å². The van der Waals surface area contributed by atoms with Crippen molar-refractivity contribution in [2.24, 2.45) is 0 Å². The van der Waals surface area contributed by atoms with Crippen molar-refractivity contribution < 1.29 is 24.0 Å². The number of rotatable bonds is 4. The molecule has 1 aliphatic heterocycles.